The third-order valence-electron chi connectivity index (χ3n) is 5.75. The Kier molecular flexibility index (Phi) is 9.62. The van der Waals surface area contributed by atoms with Gasteiger partial charge in [-0.1, -0.05) is 0 Å². The van der Waals surface area contributed by atoms with Crippen molar-refractivity contribution in [1.29, 1.82) is 0 Å². The molecule has 2 amide bonds. The fourth-order valence-electron chi connectivity index (χ4n) is 3.65. The molecule has 16 heteroatoms. The molecule has 0 aliphatic carbocycles. The van der Waals surface area contributed by atoms with Crippen molar-refractivity contribution in [3.05, 3.63) is 84.4 Å². The summed E-state index contributed by atoms with van der Waals surface area (Å²) in [5, 5.41) is 5.32. The first kappa shape index (κ1) is 31.0. The second-order valence-corrected chi connectivity index (χ2v) is 12.6. The average Bonchev–Trinajstić information content (AvgIpc) is 2.93. The number of anilines is 4. The van der Waals surface area contributed by atoms with Gasteiger partial charge in [0.2, 0.25) is 23.7 Å². The van der Waals surface area contributed by atoms with E-state index in [2.05, 4.69) is 40.0 Å². The molecule has 0 aliphatic heterocycles. The highest BCUT2D eigenvalue weighted by molar-refractivity contribution is 7.93. The van der Waals surface area contributed by atoms with E-state index in [0.717, 1.165) is 0 Å². The molecule has 43 heavy (non-hydrogen) atoms. The van der Waals surface area contributed by atoms with Gasteiger partial charge >= 0.3 is 0 Å². The summed E-state index contributed by atoms with van der Waals surface area (Å²) in [6.07, 6.45) is 3.22. The monoisotopic (exact) mass is 624 g/mol. The number of hydrogen-bond acceptors (Lipinski definition) is 10. The molecule has 4 rings (SSSR count). The van der Waals surface area contributed by atoms with E-state index in [1.54, 1.807) is 26.0 Å². The van der Waals surface area contributed by atoms with Gasteiger partial charge in [-0.25, -0.2) is 46.2 Å². The van der Waals surface area contributed by atoms with Crippen LogP contribution >= 0.6 is 0 Å². The zero-order valence-corrected chi connectivity index (χ0v) is 24.7. The van der Waals surface area contributed by atoms with Gasteiger partial charge in [0.1, 0.15) is 0 Å². The SMILES string of the molecule is Cc1ccnc(NS(=O)(=O)c2ccc(NC(=O)CCCC(=O)Nc3ccc(S(=O)(=O)Nc4nccc(C)n4)cc3)cc2)n1. The first-order valence-corrected chi connectivity index (χ1v) is 15.8. The lowest BCUT2D eigenvalue weighted by Gasteiger charge is -2.09. The third-order valence-corrected chi connectivity index (χ3v) is 8.43. The second-order valence-electron chi connectivity index (χ2n) is 9.25. The number of aromatic nitrogens is 4. The molecule has 0 bridgehead atoms. The number of sulfonamides is 2. The smallest absolute Gasteiger partial charge is 0.264 e. The van der Waals surface area contributed by atoms with Crippen molar-refractivity contribution in [3.63, 3.8) is 0 Å². The molecule has 0 saturated heterocycles. The molecule has 0 atom stereocenters. The van der Waals surface area contributed by atoms with Crippen LogP contribution in [0.25, 0.3) is 0 Å². The minimum Gasteiger partial charge on any atom is -0.326 e. The Hall–Kier alpha value is -4.96. The minimum atomic E-state index is -3.92. The van der Waals surface area contributed by atoms with E-state index >= 15 is 0 Å². The quantitative estimate of drug-likeness (QED) is 0.181. The highest BCUT2D eigenvalue weighted by Gasteiger charge is 2.17. The molecular weight excluding hydrogens is 596 g/mol. The highest BCUT2D eigenvalue weighted by atomic mass is 32.2. The lowest BCUT2D eigenvalue weighted by molar-refractivity contribution is -0.117. The van der Waals surface area contributed by atoms with Crippen LogP contribution < -0.4 is 20.1 Å². The lowest BCUT2D eigenvalue weighted by Crippen LogP contribution is -2.16. The molecule has 2 heterocycles. The van der Waals surface area contributed by atoms with E-state index in [0.29, 0.717) is 22.8 Å². The number of amides is 2. The van der Waals surface area contributed by atoms with E-state index in [1.807, 2.05) is 0 Å². The second kappa shape index (κ2) is 13.3. The number of carbonyl (C=O) groups is 2. The van der Waals surface area contributed by atoms with Gasteiger partial charge in [0.15, 0.2) is 0 Å². The lowest BCUT2D eigenvalue weighted by atomic mass is 10.2. The molecule has 0 unspecified atom stereocenters. The van der Waals surface area contributed by atoms with E-state index in [-0.39, 0.29) is 52.8 Å². The van der Waals surface area contributed by atoms with E-state index in [4.69, 9.17) is 0 Å². The van der Waals surface area contributed by atoms with Crippen LogP contribution in [0.4, 0.5) is 23.3 Å². The minimum absolute atomic E-state index is 0.0329. The summed E-state index contributed by atoms with van der Waals surface area (Å²) in [6.45, 7) is 3.42. The third kappa shape index (κ3) is 9.01. The van der Waals surface area contributed by atoms with Gasteiger partial charge < -0.3 is 10.6 Å². The molecule has 14 nitrogen and oxygen atoms in total. The van der Waals surface area contributed by atoms with E-state index in [9.17, 15) is 26.4 Å². The molecule has 2 aromatic heterocycles. The summed E-state index contributed by atoms with van der Waals surface area (Å²) < 4.78 is 54.9. The molecule has 2 aromatic carbocycles. The van der Waals surface area contributed by atoms with E-state index in [1.165, 1.54) is 60.9 Å². The van der Waals surface area contributed by atoms with Gasteiger partial charge in [-0.2, -0.15) is 0 Å². The fraction of sp³-hybridized carbons (Fsp3) is 0.185. The molecule has 0 fully saturated rings. The number of nitrogens with zero attached hydrogens (tertiary/aromatic N) is 4. The topological polar surface area (TPSA) is 202 Å². The predicted molar refractivity (Wildman–Crippen MR) is 159 cm³/mol. The number of nitrogens with one attached hydrogen (secondary N) is 4. The van der Waals surface area contributed by atoms with Gasteiger partial charge in [0.05, 0.1) is 9.79 Å². The standard InChI is InChI=1S/C27H28N8O6S2/c1-18-14-16-28-26(30-18)34-42(38,39)22-10-6-20(7-11-22)32-24(36)4-3-5-25(37)33-21-8-12-23(13-9-21)43(40,41)35-27-29-17-15-19(2)31-27/h6-17H,3-5H2,1-2H3,(H,32,36)(H,33,37)(H,28,30,34)(H,29,31,35). The van der Waals surface area contributed by atoms with Gasteiger partial charge in [0.25, 0.3) is 20.0 Å². The Morgan fingerprint density at radius 2 is 0.977 bits per heavy atom. The van der Waals surface area contributed by atoms with Crippen molar-refractivity contribution < 1.29 is 26.4 Å². The van der Waals surface area contributed by atoms with Gasteiger partial charge in [-0.3, -0.25) is 9.59 Å². The van der Waals surface area contributed by atoms with Crippen LogP contribution in [-0.2, 0) is 29.6 Å². The van der Waals surface area contributed by atoms with Crippen LogP contribution in [0.3, 0.4) is 0 Å². The number of hydrogen-bond donors (Lipinski definition) is 4. The zero-order valence-electron chi connectivity index (χ0n) is 23.1. The summed E-state index contributed by atoms with van der Waals surface area (Å²) in [5.41, 5.74) is 1.99. The fourth-order valence-corrected chi connectivity index (χ4v) is 5.55. The van der Waals surface area contributed by atoms with Crippen LogP contribution in [0.5, 0.6) is 0 Å². The maximum atomic E-state index is 12.6. The van der Waals surface area contributed by atoms with Crippen LogP contribution in [0, 0.1) is 13.8 Å². The average molecular weight is 625 g/mol. The normalized spacial score (nSPS) is 11.4. The Labute approximate surface area is 248 Å². The molecule has 4 N–H and O–H groups in total. The van der Waals surface area contributed by atoms with Crippen molar-refractivity contribution in [2.45, 2.75) is 42.9 Å². The van der Waals surface area contributed by atoms with Crippen LogP contribution in [-0.4, -0.2) is 48.6 Å². The van der Waals surface area contributed by atoms with Crippen molar-refractivity contribution in [2.75, 3.05) is 20.1 Å². The summed E-state index contributed by atoms with van der Waals surface area (Å²) in [5.74, 6) is -0.801. The number of rotatable bonds is 12. The Morgan fingerprint density at radius 3 is 1.33 bits per heavy atom. The van der Waals surface area contributed by atoms with Crippen LogP contribution in [0.2, 0.25) is 0 Å². The largest absolute Gasteiger partial charge is 0.326 e. The first-order chi connectivity index (χ1) is 20.4. The first-order valence-electron chi connectivity index (χ1n) is 12.8. The molecule has 0 spiro atoms. The van der Waals surface area contributed by atoms with Crippen molar-refractivity contribution in [3.8, 4) is 0 Å². The Bertz CT molecular complexity index is 1700. The summed E-state index contributed by atoms with van der Waals surface area (Å²) in [7, 11) is -7.84. The Morgan fingerprint density at radius 1 is 0.605 bits per heavy atom. The van der Waals surface area contributed by atoms with Gasteiger partial charge in [-0.15, -0.1) is 0 Å². The summed E-state index contributed by atoms with van der Waals surface area (Å²) >= 11 is 0. The molecule has 0 aliphatic rings. The number of carbonyl (C=O) groups excluding carboxylic acids is 2. The molecule has 0 saturated carbocycles. The Balaban J connectivity index is 1.21. The maximum Gasteiger partial charge on any atom is 0.264 e. The highest BCUT2D eigenvalue weighted by Crippen LogP contribution is 2.19. The van der Waals surface area contributed by atoms with Crippen molar-refractivity contribution >= 4 is 55.1 Å². The predicted octanol–water partition coefficient (Wildman–Crippen LogP) is 3.23. The van der Waals surface area contributed by atoms with Crippen molar-refractivity contribution in [2.24, 2.45) is 0 Å². The van der Waals surface area contributed by atoms with Crippen LogP contribution in [0.15, 0.2) is 82.8 Å². The maximum absolute atomic E-state index is 12.6. The summed E-state index contributed by atoms with van der Waals surface area (Å²) in [6, 6.07) is 14.4. The number of benzene rings is 2. The summed E-state index contributed by atoms with van der Waals surface area (Å²) in [4.78, 5) is 40.4. The number of aryl methyl sites for hydroxylation is 2. The molecule has 0 radical (unpaired) electrons. The zero-order chi connectivity index (χ0) is 31.0. The van der Waals surface area contributed by atoms with Gasteiger partial charge in [0, 0.05) is 48.0 Å². The van der Waals surface area contributed by atoms with Crippen LogP contribution in [0.1, 0.15) is 30.7 Å². The molecule has 224 valence electrons. The molecule has 4 aromatic rings. The van der Waals surface area contributed by atoms with Crippen molar-refractivity contribution in [1.82, 2.24) is 19.9 Å². The molecular formula is C27H28N8O6S2. The van der Waals surface area contributed by atoms with E-state index < -0.39 is 20.0 Å². The van der Waals surface area contributed by atoms with Gasteiger partial charge in [-0.05, 0) is 80.9 Å².